The van der Waals surface area contributed by atoms with Crippen molar-refractivity contribution in [3.63, 3.8) is 0 Å². The van der Waals surface area contributed by atoms with Gasteiger partial charge >= 0.3 is 71.1 Å². The minimum absolute atomic E-state index is 0. The minimum Gasteiger partial charge on any atom is -0.756 e. The Labute approximate surface area is 567 Å². The molecule has 2 heterocycles. The predicted molar refractivity (Wildman–Crippen MR) is 327 cm³/mol. The van der Waals surface area contributed by atoms with E-state index in [0.717, 1.165) is 44.1 Å². The number of carboxylic acids is 1. The summed E-state index contributed by atoms with van der Waals surface area (Å²) in [6.07, 6.45) is 33.4. The smallest absolute Gasteiger partial charge is 0.756 e. The van der Waals surface area contributed by atoms with Gasteiger partial charge in [-0.05, 0) is 69.6 Å². The molecule has 0 fully saturated rings. The van der Waals surface area contributed by atoms with E-state index in [9.17, 15) is 48.1 Å². The van der Waals surface area contributed by atoms with Crippen molar-refractivity contribution in [2.75, 3.05) is 32.9 Å². The molecule has 2 aromatic heterocycles. The molecule has 4 N–H and O–H groups in total. The summed E-state index contributed by atoms with van der Waals surface area (Å²) < 4.78 is 33.7. The maximum absolute atomic E-state index is 12.9. The Bertz CT molecular complexity index is 2530. The molecule has 3 rings (SSSR count). The number of amides is 3. The van der Waals surface area contributed by atoms with E-state index in [1.54, 1.807) is 37.4 Å². The molecule has 0 aliphatic carbocycles. The van der Waals surface area contributed by atoms with Gasteiger partial charge in [-0.3, -0.25) is 33.3 Å². The number of carbonyl (C=O) groups is 6. The molecule has 0 saturated carbocycles. The fourth-order valence-corrected chi connectivity index (χ4v) is 10.5. The van der Waals surface area contributed by atoms with Crippen LogP contribution in [0.1, 0.15) is 260 Å². The Balaban J connectivity index is 0.0000194. The molecule has 3 amide bonds. The summed E-state index contributed by atoms with van der Waals surface area (Å²) in [6.45, 7) is 4.86. The summed E-state index contributed by atoms with van der Waals surface area (Å²) >= 11 is 0. The van der Waals surface area contributed by atoms with Crippen LogP contribution < -0.4 is 90.6 Å². The second-order valence-corrected chi connectivity index (χ2v) is 24.0. The van der Waals surface area contributed by atoms with E-state index in [2.05, 4.69) is 49.7 Å². The summed E-state index contributed by atoms with van der Waals surface area (Å²) in [4.78, 5) is 116. The van der Waals surface area contributed by atoms with Crippen LogP contribution in [0, 0.1) is 6.92 Å². The Morgan fingerprint density at radius 2 is 1.10 bits per heavy atom. The molecule has 21 nitrogen and oxygen atoms in total. The molecule has 3 atom stereocenters. The maximum atomic E-state index is 12.9. The Morgan fingerprint density at radius 1 is 0.602 bits per heavy atom. The molecule has 2 unspecified atom stereocenters. The van der Waals surface area contributed by atoms with Crippen molar-refractivity contribution in [1.29, 1.82) is 0 Å². The number of carbonyl (C=O) groups excluding carboxylic acids is 6. The van der Waals surface area contributed by atoms with Crippen LogP contribution in [-0.2, 0) is 59.9 Å². The third-order valence-corrected chi connectivity index (χ3v) is 15.9. The number of phosphoric ester groups is 1. The second kappa shape index (κ2) is 51.9. The van der Waals surface area contributed by atoms with Gasteiger partial charge in [-0.15, -0.1) is 0 Å². The van der Waals surface area contributed by atoms with Crippen LogP contribution in [0.3, 0.4) is 0 Å². The maximum Gasteiger partial charge on any atom is 1.00 e. The molecule has 3 aromatic rings. The van der Waals surface area contributed by atoms with Crippen molar-refractivity contribution < 1.29 is 121 Å². The largest absolute Gasteiger partial charge is 1.00 e. The second-order valence-electron chi connectivity index (χ2n) is 22.6. The molecule has 0 aliphatic heterocycles. The van der Waals surface area contributed by atoms with Gasteiger partial charge in [-0.2, -0.15) is 0 Å². The molecular formula is C64H102N7Na2O14P. The third kappa shape index (κ3) is 41.0. The number of ether oxygens (including phenoxy) is 2. The van der Waals surface area contributed by atoms with Crippen LogP contribution in [0.25, 0.3) is 11.2 Å². The number of aromatic amines is 1. The predicted octanol–water partition coefficient (Wildman–Crippen LogP) is 4.16. The Morgan fingerprint density at radius 3 is 1.66 bits per heavy atom. The molecule has 1 aromatic carbocycles. The first-order valence-electron chi connectivity index (χ1n) is 32.4. The van der Waals surface area contributed by atoms with E-state index in [1.165, 1.54) is 116 Å². The molecule has 0 radical (unpaired) electrons. The average molecular weight is 1270 g/mol. The van der Waals surface area contributed by atoms with E-state index in [1.807, 2.05) is 0 Å². The number of aromatic nitrogens is 4. The summed E-state index contributed by atoms with van der Waals surface area (Å²) in [7, 11) is -4.92. The number of fused-ring (bicyclic) bond motifs is 1. The number of nitrogens with one attached hydrogen (secondary N) is 4. The SMILES string of the molecule is CCCCCCCCCCCCCCCC(=O)OC[C@H](COP(=O)([O-])OCCNC(=O)CCCCCNC(=O)CCC(NC(=O)c1ccc(CCc2cnc3nc(C)[nH]c(=O)c3n2)cc1)C(=O)[O-])OC(=O)CCCCCCCCCCCCCCC.[Na+].[Na+]. The van der Waals surface area contributed by atoms with E-state index in [0.29, 0.717) is 56.5 Å². The van der Waals surface area contributed by atoms with Gasteiger partial charge in [0.1, 0.15) is 12.4 Å². The molecule has 24 heteroatoms. The number of aryl methyl sites for hydroxylation is 3. The fraction of sp³-hybridized carbons (Fsp3) is 0.719. The van der Waals surface area contributed by atoms with Crippen molar-refractivity contribution in [3.8, 4) is 0 Å². The van der Waals surface area contributed by atoms with Crippen LogP contribution in [0.5, 0.6) is 0 Å². The molecule has 88 heavy (non-hydrogen) atoms. The van der Waals surface area contributed by atoms with Crippen LogP contribution in [0.2, 0.25) is 0 Å². The number of nitrogens with zero attached hydrogens (tertiary/aromatic N) is 3. The van der Waals surface area contributed by atoms with Gasteiger partial charge in [0.25, 0.3) is 19.3 Å². The van der Waals surface area contributed by atoms with E-state index < -0.39 is 62.9 Å². The van der Waals surface area contributed by atoms with Gasteiger partial charge in [-0.25, -0.2) is 15.0 Å². The fourth-order valence-electron chi connectivity index (χ4n) is 9.79. The molecule has 0 spiro atoms. The number of unbranched alkanes of at least 4 members (excludes halogenated alkanes) is 26. The van der Waals surface area contributed by atoms with E-state index in [-0.39, 0.29) is 139 Å². The van der Waals surface area contributed by atoms with Crippen molar-refractivity contribution >= 4 is 54.6 Å². The number of hydrogen-bond donors (Lipinski definition) is 4. The van der Waals surface area contributed by atoms with Gasteiger partial charge in [0.05, 0.1) is 37.1 Å². The normalized spacial score (nSPS) is 12.5. The van der Waals surface area contributed by atoms with Crippen molar-refractivity contribution in [2.24, 2.45) is 0 Å². The summed E-state index contributed by atoms with van der Waals surface area (Å²) in [5, 5.41) is 19.6. The van der Waals surface area contributed by atoms with Gasteiger partial charge in [0, 0.05) is 44.3 Å². The number of benzene rings is 1. The first kappa shape index (κ1) is 82.4. The number of phosphoric acid groups is 1. The summed E-state index contributed by atoms with van der Waals surface area (Å²) in [5.74, 6) is -3.51. The standard InChI is InChI=1S/C64H104N7O14P.2Na/c1-4-6-8-10-12-14-16-18-20-22-24-26-30-34-58(74)82-48-54(85-59(75)35-31-27-25-23-21-19-17-15-13-11-9-7-5-2)49-84-86(80,81)83-46-45-66-56(72)33-29-28-32-44-65-57(73)43-42-55(64(78)79)71-62(76)52-39-36-51(37-40-52)38-41-53-47-67-61-60(70-53)63(77)69-50(3)68-61;;/h36-37,39-40,47,54-55H,4-35,38,41-46,48-49H2,1-3H3,(H,65,73)(H,66,72)(H,71,76)(H,78,79)(H,80,81)(H,67,68,69,77);;/q;2*+1/p-2/t54-,55?;;/m1../s1. The zero-order valence-corrected chi connectivity index (χ0v) is 58.9. The topological polar surface area (TPSA) is 310 Å². The Hall–Kier alpha value is -3.63. The number of carboxylic acid groups (broad SMARTS) is 1. The van der Waals surface area contributed by atoms with Gasteiger partial charge in [-0.1, -0.05) is 187 Å². The number of esters is 2. The quantitative estimate of drug-likeness (QED) is 0.0267. The van der Waals surface area contributed by atoms with Crippen LogP contribution in [0.4, 0.5) is 0 Å². The zero-order valence-electron chi connectivity index (χ0n) is 54.0. The average Bonchev–Trinajstić information content (AvgIpc) is 2.37. The van der Waals surface area contributed by atoms with Crippen molar-refractivity contribution in [3.05, 3.63) is 63.5 Å². The first-order chi connectivity index (χ1) is 41.6. The van der Waals surface area contributed by atoms with Crippen LogP contribution >= 0.6 is 7.82 Å². The summed E-state index contributed by atoms with van der Waals surface area (Å²) in [6, 6.07) is 5.14. The van der Waals surface area contributed by atoms with Crippen molar-refractivity contribution in [2.45, 2.75) is 264 Å². The zero-order chi connectivity index (χ0) is 62.5. The molecule has 0 aliphatic rings. The van der Waals surface area contributed by atoms with Gasteiger partial charge in [0.2, 0.25) is 11.8 Å². The van der Waals surface area contributed by atoms with Crippen LogP contribution in [-0.4, -0.2) is 101 Å². The molecule has 0 saturated heterocycles. The van der Waals surface area contributed by atoms with Gasteiger partial charge < -0.3 is 54.3 Å². The number of hydrogen-bond acceptors (Lipinski definition) is 17. The number of aliphatic carboxylic acids is 1. The monoisotopic (exact) mass is 1270 g/mol. The number of rotatable bonds is 53. The van der Waals surface area contributed by atoms with E-state index in [4.69, 9.17) is 18.5 Å². The Kier molecular flexibility index (Phi) is 48.6. The molecular weight excluding hydrogens is 1170 g/mol. The summed E-state index contributed by atoms with van der Waals surface area (Å²) in [5.41, 5.74) is 1.71. The first-order valence-corrected chi connectivity index (χ1v) is 33.9. The van der Waals surface area contributed by atoms with E-state index >= 15 is 0 Å². The third-order valence-electron chi connectivity index (χ3n) is 14.9. The van der Waals surface area contributed by atoms with Gasteiger partial charge in [0.15, 0.2) is 17.3 Å². The number of H-pyrrole nitrogens is 1. The van der Waals surface area contributed by atoms with Crippen molar-refractivity contribution in [1.82, 2.24) is 35.9 Å². The minimum atomic E-state index is -4.92. The molecule has 0 bridgehead atoms. The van der Waals surface area contributed by atoms with Crippen LogP contribution in [0.15, 0.2) is 35.3 Å². The molecule has 484 valence electrons.